The van der Waals surface area contributed by atoms with Crippen LogP contribution in [0.2, 0.25) is 0 Å². The second kappa shape index (κ2) is 6.09. The summed E-state index contributed by atoms with van der Waals surface area (Å²) in [6, 6.07) is 10.2. The maximum Gasteiger partial charge on any atom is 0.242 e. The van der Waals surface area contributed by atoms with E-state index in [4.69, 9.17) is 4.52 Å². The first-order valence-electron chi connectivity index (χ1n) is 6.38. The van der Waals surface area contributed by atoms with Gasteiger partial charge in [-0.15, -0.1) is 0 Å². The van der Waals surface area contributed by atoms with Crippen LogP contribution in [0.3, 0.4) is 0 Å². The van der Waals surface area contributed by atoms with Crippen molar-refractivity contribution in [3.05, 3.63) is 47.9 Å². The van der Waals surface area contributed by atoms with Gasteiger partial charge in [-0.3, -0.25) is 4.79 Å². The molecular formula is C14H16N2O4S. The predicted octanol–water partition coefficient (Wildman–Crippen LogP) is 1.93. The number of carbonyl (C=O) groups excluding carboxylic acids is 1. The summed E-state index contributed by atoms with van der Waals surface area (Å²) in [4.78, 5) is 12.0. The summed E-state index contributed by atoms with van der Waals surface area (Å²) in [5, 5.41) is 5.03. The highest BCUT2D eigenvalue weighted by Gasteiger charge is 2.29. The molecule has 6 nitrogen and oxygen atoms in total. The molecule has 112 valence electrons. The highest BCUT2D eigenvalue weighted by Crippen LogP contribution is 2.14. The van der Waals surface area contributed by atoms with E-state index < -0.39 is 21.0 Å². The molecular weight excluding hydrogens is 292 g/mol. The van der Waals surface area contributed by atoms with Gasteiger partial charge in [0, 0.05) is 11.8 Å². The van der Waals surface area contributed by atoms with Gasteiger partial charge in [0.05, 0.1) is 5.69 Å². The van der Waals surface area contributed by atoms with E-state index in [1.54, 1.807) is 37.3 Å². The zero-order valence-electron chi connectivity index (χ0n) is 11.7. The summed E-state index contributed by atoms with van der Waals surface area (Å²) >= 11 is 0. The molecule has 1 atom stereocenters. The molecule has 0 saturated carbocycles. The highest BCUT2D eigenvalue weighted by atomic mass is 32.2. The van der Waals surface area contributed by atoms with Crippen molar-refractivity contribution >= 4 is 21.4 Å². The molecule has 0 aliphatic carbocycles. The molecule has 2 rings (SSSR count). The monoisotopic (exact) mass is 308 g/mol. The molecule has 0 bridgehead atoms. The third-order valence-electron chi connectivity index (χ3n) is 2.97. The lowest BCUT2D eigenvalue weighted by molar-refractivity contribution is -0.115. The van der Waals surface area contributed by atoms with Crippen molar-refractivity contribution in [1.82, 2.24) is 5.16 Å². The second-order valence-electron chi connectivity index (χ2n) is 4.74. The molecule has 1 aromatic heterocycles. The van der Waals surface area contributed by atoms with Crippen molar-refractivity contribution in [2.45, 2.75) is 24.9 Å². The fourth-order valence-corrected chi connectivity index (χ4v) is 2.90. The number of aromatic nitrogens is 1. The normalized spacial score (nSPS) is 12.9. The van der Waals surface area contributed by atoms with E-state index in [-0.39, 0.29) is 11.5 Å². The quantitative estimate of drug-likeness (QED) is 0.911. The molecule has 0 aliphatic heterocycles. The Balaban J connectivity index is 2.07. The number of anilines is 1. The van der Waals surface area contributed by atoms with Crippen LogP contribution in [-0.2, 0) is 20.4 Å². The van der Waals surface area contributed by atoms with Crippen LogP contribution in [0.25, 0.3) is 0 Å². The smallest absolute Gasteiger partial charge is 0.242 e. The number of rotatable bonds is 5. The lowest BCUT2D eigenvalue weighted by Gasteiger charge is -2.12. The summed E-state index contributed by atoms with van der Waals surface area (Å²) < 4.78 is 29.3. The van der Waals surface area contributed by atoms with Crippen molar-refractivity contribution in [3.8, 4) is 0 Å². The molecule has 0 aliphatic rings. The van der Waals surface area contributed by atoms with Crippen molar-refractivity contribution in [2.24, 2.45) is 0 Å². The highest BCUT2D eigenvalue weighted by molar-refractivity contribution is 7.92. The number of sulfone groups is 1. The Morgan fingerprint density at radius 2 is 2.00 bits per heavy atom. The van der Waals surface area contributed by atoms with Gasteiger partial charge in [-0.2, -0.15) is 0 Å². The number of nitrogens with one attached hydrogen (secondary N) is 1. The van der Waals surface area contributed by atoms with Crippen LogP contribution < -0.4 is 5.32 Å². The maximum atomic E-state index is 12.2. The Hall–Kier alpha value is -2.15. The Bertz CT molecular complexity index is 722. The summed E-state index contributed by atoms with van der Waals surface area (Å²) in [5.74, 6) is -0.693. The Labute approximate surface area is 123 Å². The number of amides is 1. The number of para-hydroxylation sites is 1. The van der Waals surface area contributed by atoms with E-state index in [1.165, 1.54) is 6.92 Å². The molecule has 7 heteroatoms. The van der Waals surface area contributed by atoms with E-state index in [9.17, 15) is 13.2 Å². The second-order valence-corrected chi connectivity index (χ2v) is 7.06. The minimum Gasteiger partial charge on any atom is -0.360 e. The third-order valence-corrected chi connectivity index (χ3v) is 4.95. The van der Waals surface area contributed by atoms with Gasteiger partial charge in [0.1, 0.15) is 11.0 Å². The minimum atomic E-state index is -3.67. The average Bonchev–Trinajstić information content (AvgIpc) is 2.83. The van der Waals surface area contributed by atoms with Crippen LogP contribution in [0.1, 0.15) is 18.4 Å². The van der Waals surface area contributed by atoms with Crippen molar-refractivity contribution in [1.29, 1.82) is 0 Å². The number of carbonyl (C=O) groups is 1. The van der Waals surface area contributed by atoms with Gasteiger partial charge in [-0.25, -0.2) is 8.42 Å². The van der Waals surface area contributed by atoms with Gasteiger partial charge in [-0.05, 0) is 26.0 Å². The molecule has 0 radical (unpaired) electrons. The summed E-state index contributed by atoms with van der Waals surface area (Å²) in [5.41, 5.74) is 1.15. The van der Waals surface area contributed by atoms with Crippen LogP contribution in [0.15, 0.2) is 40.9 Å². The van der Waals surface area contributed by atoms with Crippen LogP contribution in [0, 0.1) is 6.92 Å². The molecule has 1 amide bonds. The van der Waals surface area contributed by atoms with Gasteiger partial charge in [0.15, 0.2) is 15.6 Å². The van der Waals surface area contributed by atoms with Gasteiger partial charge in [-0.1, -0.05) is 23.4 Å². The van der Waals surface area contributed by atoms with Crippen LogP contribution in [0.4, 0.5) is 5.69 Å². The summed E-state index contributed by atoms with van der Waals surface area (Å²) in [7, 11) is -3.67. The van der Waals surface area contributed by atoms with Gasteiger partial charge in [0.2, 0.25) is 5.91 Å². The number of benzene rings is 1. The van der Waals surface area contributed by atoms with Crippen molar-refractivity contribution in [2.75, 3.05) is 5.32 Å². The first-order chi connectivity index (χ1) is 9.88. The first kappa shape index (κ1) is 15.2. The van der Waals surface area contributed by atoms with Gasteiger partial charge >= 0.3 is 0 Å². The Morgan fingerprint density at radius 3 is 2.57 bits per heavy atom. The number of hydrogen-bond donors (Lipinski definition) is 1. The largest absolute Gasteiger partial charge is 0.360 e. The predicted molar refractivity (Wildman–Crippen MR) is 78.4 cm³/mol. The Kier molecular flexibility index (Phi) is 4.42. The summed E-state index contributed by atoms with van der Waals surface area (Å²) in [6.07, 6.45) is 0. The molecule has 1 aromatic carbocycles. The lowest BCUT2D eigenvalue weighted by atomic mass is 10.3. The number of hydrogen-bond acceptors (Lipinski definition) is 5. The van der Waals surface area contributed by atoms with E-state index in [0.717, 1.165) is 0 Å². The maximum absolute atomic E-state index is 12.2. The van der Waals surface area contributed by atoms with Crippen molar-refractivity contribution in [3.63, 3.8) is 0 Å². The van der Waals surface area contributed by atoms with Gasteiger partial charge in [0.25, 0.3) is 0 Å². The van der Waals surface area contributed by atoms with Crippen LogP contribution >= 0.6 is 0 Å². The SMILES string of the molecule is Cc1cc(CS(=O)(=O)C(C)C(=O)Nc2ccccc2)on1. The summed E-state index contributed by atoms with van der Waals surface area (Å²) in [6.45, 7) is 3.06. The lowest BCUT2D eigenvalue weighted by Crippen LogP contribution is -2.33. The van der Waals surface area contributed by atoms with Crippen LogP contribution in [0.5, 0.6) is 0 Å². The standard InChI is InChI=1S/C14H16N2O4S/c1-10-8-13(20-16-10)9-21(18,19)11(2)14(17)15-12-6-4-3-5-7-12/h3-8,11H,9H2,1-2H3,(H,15,17). The zero-order valence-corrected chi connectivity index (χ0v) is 12.6. The van der Waals surface area contributed by atoms with E-state index in [2.05, 4.69) is 10.5 Å². The number of aryl methyl sites for hydroxylation is 1. The molecule has 2 aromatic rings. The first-order valence-corrected chi connectivity index (χ1v) is 8.10. The molecule has 21 heavy (non-hydrogen) atoms. The molecule has 0 saturated heterocycles. The third kappa shape index (κ3) is 3.91. The molecule has 1 heterocycles. The minimum absolute atomic E-state index is 0.229. The molecule has 0 spiro atoms. The fraction of sp³-hybridized carbons (Fsp3) is 0.286. The van der Waals surface area contributed by atoms with Crippen LogP contribution in [-0.4, -0.2) is 24.7 Å². The fourth-order valence-electron chi connectivity index (χ4n) is 1.74. The molecule has 1 N–H and O–H groups in total. The van der Waals surface area contributed by atoms with E-state index >= 15 is 0 Å². The Morgan fingerprint density at radius 1 is 1.33 bits per heavy atom. The number of nitrogens with zero attached hydrogens (tertiary/aromatic N) is 1. The van der Waals surface area contributed by atoms with Gasteiger partial charge < -0.3 is 9.84 Å². The topological polar surface area (TPSA) is 89.3 Å². The van der Waals surface area contributed by atoms with E-state index in [1.807, 2.05) is 6.07 Å². The molecule has 0 fully saturated rings. The molecule has 1 unspecified atom stereocenters. The van der Waals surface area contributed by atoms with E-state index in [0.29, 0.717) is 11.4 Å². The van der Waals surface area contributed by atoms with Crippen molar-refractivity contribution < 1.29 is 17.7 Å². The average molecular weight is 308 g/mol. The zero-order chi connectivity index (χ0) is 15.5.